The first kappa shape index (κ1) is 94.0. The molecule has 17 nitrogen and oxygen atoms in total. The van der Waals surface area contributed by atoms with Crippen LogP contribution in [-0.2, 0) is 65.4 Å². The SMILES string of the molecule is CCCCCC/C=C\C=C/CCCCCCCC(=O)OC[C@H](COP(=O)(O)OC[C@@H](O)COP(=O)(O)OC[C@@H](COC(=O)CCCCCCCCC(C)CC)OC(=O)CCCCCCC/C=C\C=C/CCCCCC)OC(=O)CCCCCCCCCCCCCCCCCCC. The van der Waals surface area contributed by atoms with Crippen molar-refractivity contribution in [1.82, 2.24) is 0 Å². The Bertz CT molecular complexity index is 2050. The third-order valence-electron chi connectivity index (χ3n) is 17.4. The fraction of sp³-hybridized carbons (Fsp3) is 0.846. The quantitative estimate of drug-likeness (QED) is 0.0169. The van der Waals surface area contributed by atoms with Crippen molar-refractivity contribution in [1.29, 1.82) is 0 Å². The number of esters is 4. The molecule has 0 saturated heterocycles. The summed E-state index contributed by atoms with van der Waals surface area (Å²) in [6, 6.07) is 0. The summed E-state index contributed by atoms with van der Waals surface area (Å²) in [6.07, 6.45) is 65.4. The number of carbonyl (C=O) groups excluding carboxylic acids is 4. The van der Waals surface area contributed by atoms with Crippen molar-refractivity contribution < 1.29 is 80.2 Å². The fourth-order valence-corrected chi connectivity index (χ4v) is 12.5. The molecular weight excluding hydrogens is 1270 g/mol. The van der Waals surface area contributed by atoms with E-state index in [4.69, 9.17) is 37.0 Å². The van der Waals surface area contributed by atoms with Crippen LogP contribution < -0.4 is 0 Å². The van der Waals surface area contributed by atoms with Gasteiger partial charge >= 0.3 is 39.5 Å². The summed E-state index contributed by atoms with van der Waals surface area (Å²) >= 11 is 0. The Kier molecular flexibility index (Phi) is 67.9. The van der Waals surface area contributed by atoms with Crippen LogP contribution in [0.3, 0.4) is 0 Å². The Hall–Kier alpha value is -2.98. The highest BCUT2D eigenvalue weighted by molar-refractivity contribution is 7.47. The number of hydrogen-bond donors (Lipinski definition) is 3. The Balaban J connectivity index is 5.32. The molecule has 0 spiro atoms. The molecule has 0 aliphatic rings. The van der Waals surface area contributed by atoms with E-state index in [0.717, 1.165) is 134 Å². The number of aliphatic hydroxyl groups is 1. The molecule has 3 N–H and O–H groups in total. The van der Waals surface area contributed by atoms with Crippen molar-refractivity contribution in [3.63, 3.8) is 0 Å². The van der Waals surface area contributed by atoms with E-state index in [9.17, 15) is 43.2 Å². The number of rotatable bonds is 74. The molecule has 0 fully saturated rings. The van der Waals surface area contributed by atoms with Crippen molar-refractivity contribution in [2.24, 2.45) is 5.92 Å². The molecule has 3 unspecified atom stereocenters. The number of phosphoric ester groups is 2. The summed E-state index contributed by atoms with van der Waals surface area (Å²) in [4.78, 5) is 72.8. The Labute approximate surface area is 591 Å². The minimum Gasteiger partial charge on any atom is -0.462 e. The molecule has 0 radical (unpaired) electrons. The van der Waals surface area contributed by atoms with E-state index in [-0.39, 0.29) is 25.7 Å². The van der Waals surface area contributed by atoms with Gasteiger partial charge in [-0.3, -0.25) is 37.3 Å². The van der Waals surface area contributed by atoms with Crippen molar-refractivity contribution in [3.8, 4) is 0 Å². The molecule has 0 amide bonds. The zero-order chi connectivity index (χ0) is 71.2. The second-order valence-corrected chi connectivity index (χ2v) is 29.9. The first-order valence-electron chi connectivity index (χ1n) is 39.3. The molecule has 0 aliphatic heterocycles. The van der Waals surface area contributed by atoms with Crippen LogP contribution in [-0.4, -0.2) is 96.7 Å². The van der Waals surface area contributed by atoms with Gasteiger partial charge in [0, 0.05) is 25.7 Å². The lowest BCUT2D eigenvalue weighted by molar-refractivity contribution is -0.161. The summed E-state index contributed by atoms with van der Waals surface area (Å²) in [6.45, 7) is 7.13. The normalized spacial score (nSPS) is 14.5. The van der Waals surface area contributed by atoms with Crippen LogP contribution in [0.5, 0.6) is 0 Å². The topological polar surface area (TPSA) is 237 Å². The van der Waals surface area contributed by atoms with E-state index in [1.807, 2.05) is 0 Å². The van der Waals surface area contributed by atoms with Crippen molar-refractivity contribution >= 4 is 39.5 Å². The first-order valence-corrected chi connectivity index (χ1v) is 42.3. The third-order valence-corrected chi connectivity index (χ3v) is 19.3. The average molecular weight is 1420 g/mol. The second-order valence-electron chi connectivity index (χ2n) is 27.0. The maximum Gasteiger partial charge on any atom is 0.472 e. The Morgan fingerprint density at radius 1 is 0.330 bits per heavy atom. The lowest BCUT2D eigenvalue weighted by Crippen LogP contribution is -2.30. The minimum atomic E-state index is -4.97. The zero-order valence-electron chi connectivity index (χ0n) is 62.2. The van der Waals surface area contributed by atoms with Gasteiger partial charge in [-0.05, 0) is 83.0 Å². The van der Waals surface area contributed by atoms with Gasteiger partial charge in [0.15, 0.2) is 12.2 Å². The van der Waals surface area contributed by atoms with E-state index >= 15 is 0 Å². The Morgan fingerprint density at radius 2 is 0.577 bits per heavy atom. The zero-order valence-corrected chi connectivity index (χ0v) is 64.0. The maximum absolute atomic E-state index is 13.1. The van der Waals surface area contributed by atoms with Crippen molar-refractivity contribution in [2.45, 2.75) is 380 Å². The molecule has 0 heterocycles. The van der Waals surface area contributed by atoms with Gasteiger partial charge in [0.05, 0.1) is 26.4 Å². The number of allylic oxidation sites excluding steroid dienone is 8. The molecule has 0 aromatic heterocycles. The predicted molar refractivity (Wildman–Crippen MR) is 395 cm³/mol. The third kappa shape index (κ3) is 69.9. The number of unbranched alkanes of at least 4 members (excludes halogenated alkanes) is 39. The van der Waals surface area contributed by atoms with Gasteiger partial charge in [-0.2, -0.15) is 0 Å². The standard InChI is InChI=1S/C78H144O17P2/c1-6-10-13-16-19-22-25-28-31-32-35-38-41-44-47-54-59-63-77(82)94-73(67-88-75(80)61-56-51-45-42-39-36-33-29-26-23-20-17-14-11-7-2)69-92-96(84,85)90-65-72(79)66-91-97(86,87)93-70-74(68-89-76(81)62-57-52-49-48-50-55-60-71(5)9-4)95-78(83)64-58-53-46-43-40-37-34-30-27-24-21-18-15-12-8-3/h23-24,26-27,29-30,33-34,71-74,79H,6-22,25,28,31-32,35-70H2,1-5H3,(H,84,85)(H,86,87)/b26-23-,27-24-,33-29-,34-30-/t71?,72-,73-,74-/m1/s1. The van der Waals surface area contributed by atoms with E-state index in [1.165, 1.54) is 148 Å². The molecule has 97 heavy (non-hydrogen) atoms. The fourth-order valence-electron chi connectivity index (χ4n) is 10.9. The highest BCUT2D eigenvalue weighted by Crippen LogP contribution is 2.45. The molecule has 0 saturated carbocycles. The van der Waals surface area contributed by atoms with Crippen LogP contribution in [0.15, 0.2) is 48.6 Å². The molecule has 0 rings (SSSR count). The average Bonchev–Trinajstić information content (AvgIpc) is 2.12. The number of hydrogen-bond acceptors (Lipinski definition) is 15. The highest BCUT2D eigenvalue weighted by Gasteiger charge is 2.30. The van der Waals surface area contributed by atoms with Crippen LogP contribution in [0.1, 0.15) is 362 Å². The molecule has 0 aromatic rings. The molecular formula is C78H144O17P2. The van der Waals surface area contributed by atoms with Gasteiger partial charge in [0.1, 0.15) is 19.3 Å². The van der Waals surface area contributed by atoms with Crippen molar-refractivity contribution in [3.05, 3.63) is 48.6 Å². The molecule has 568 valence electrons. The van der Waals surface area contributed by atoms with Crippen LogP contribution >= 0.6 is 15.6 Å². The molecule has 0 aromatic carbocycles. The largest absolute Gasteiger partial charge is 0.472 e. The monoisotopic (exact) mass is 1410 g/mol. The number of phosphoric acid groups is 2. The van der Waals surface area contributed by atoms with Crippen LogP contribution in [0, 0.1) is 5.92 Å². The van der Waals surface area contributed by atoms with Gasteiger partial charge in [0.2, 0.25) is 0 Å². The van der Waals surface area contributed by atoms with Gasteiger partial charge < -0.3 is 33.8 Å². The molecule has 6 atom stereocenters. The smallest absolute Gasteiger partial charge is 0.462 e. The molecule has 0 aliphatic carbocycles. The Morgan fingerprint density at radius 3 is 0.876 bits per heavy atom. The van der Waals surface area contributed by atoms with Crippen molar-refractivity contribution in [2.75, 3.05) is 39.6 Å². The summed E-state index contributed by atoms with van der Waals surface area (Å²) in [5.74, 6) is -1.45. The van der Waals surface area contributed by atoms with Gasteiger partial charge in [-0.25, -0.2) is 9.13 Å². The van der Waals surface area contributed by atoms with Gasteiger partial charge in [0.25, 0.3) is 0 Å². The van der Waals surface area contributed by atoms with E-state index < -0.39 is 97.5 Å². The summed E-state index contributed by atoms with van der Waals surface area (Å²) < 4.78 is 68.5. The summed E-state index contributed by atoms with van der Waals surface area (Å²) in [5, 5.41) is 10.6. The molecule has 0 bridgehead atoms. The van der Waals surface area contributed by atoms with Gasteiger partial charge in [-0.15, -0.1) is 0 Å². The summed E-state index contributed by atoms with van der Waals surface area (Å²) in [5.41, 5.74) is 0. The van der Waals surface area contributed by atoms with E-state index in [0.29, 0.717) is 25.7 Å². The summed E-state index contributed by atoms with van der Waals surface area (Å²) in [7, 11) is -9.94. The minimum absolute atomic E-state index is 0.0820. The number of ether oxygens (including phenoxy) is 4. The number of aliphatic hydroxyl groups excluding tert-OH is 1. The van der Waals surface area contributed by atoms with E-state index in [2.05, 4.69) is 83.2 Å². The van der Waals surface area contributed by atoms with Crippen LogP contribution in [0.25, 0.3) is 0 Å². The lowest BCUT2D eigenvalue weighted by atomic mass is 10.00. The predicted octanol–water partition coefficient (Wildman–Crippen LogP) is 22.4. The maximum atomic E-state index is 13.1. The second kappa shape index (κ2) is 70.1. The van der Waals surface area contributed by atoms with E-state index in [1.54, 1.807) is 0 Å². The van der Waals surface area contributed by atoms with Gasteiger partial charge in [-0.1, -0.05) is 308 Å². The first-order chi connectivity index (χ1) is 47.1. The molecule has 19 heteroatoms. The number of carbonyl (C=O) groups is 4. The van der Waals surface area contributed by atoms with Crippen LogP contribution in [0.4, 0.5) is 0 Å². The lowest BCUT2D eigenvalue weighted by Gasteiger charge is -2.21. The van der Waals surface area contributed by atoms with Crippen LogP contribution in [0.2, 0.25) is 0 Å². The highest BCUT2D eigenvalue weighted by atomic mass is 31.2.